The number of nitriles is 1. The van der Waals surface area contributed by atoms with Crippen LogP contribution in [0.25, 0.3) is 6.08 Å². The van der Waals surface area contributed by atoms with Crippen molar-refractivity contribution >= 4 is 29.0 Å². The minimum Gasteiger partial charge on any atom is -0.496 e. The van der Waals surface area contributed by atoms with Crippen molar-refractivity contribution in [2.45, 2.75) is 0 Å². The van der Waals surface area contributed by atoms with Crippen molar-refractivity contribution in [2.24, 2.45) is 0 Å². The van der Waals surface area contributed by atoms with Crippen LogP contribution in [0, 0.1) is 31.6 Å². The van der Waals surface area contributed by atoms with Crippen LogP contribution >= 0.6 is 0 Å². The molecule has 1 N–H and O–H groups in total. The lowest BCUT2D eigenvalue weighted by Crippen LogP contribution is -2.14. The normalized spacial score (nSPS) is 10.6. The zero-order valence-corrected chi connectivity index (χ0v) is 13.9. The van der Waals surface area contributed by atoms with E-state index in [-0.39, 0.29) is 28.3 Å². The summed E-state index contributed by atoms with van der Waals surface area (Å²) in [5.41, 5.74) is -0.839. The van der Waals surface area contributed by atoms with Crippen LogP contribution in [0.3, 0.4) is 0 Å². The average molecular weight is 368 g/mol. The lowest BCUT2D eigenvalue weighted by Gasteiger charge is -2.07. The second-order valence-corrected chi connectivity index (χ2v) is 5.12. The van der Waals surface area contributed by atoms with Crippen molar-refractivity contribution < 1.29 is 19.4 Å². The summed E-state index contributed by atoms with van der Waals surface area (Å²) < 4.78 is 4.91. The summed E-state index contributed by atoms with van der Waals surface area (Å²) in [7, 11) is 1.34. The van der Waals surface area contributed by atoms with Gasteiger partial charge in [0.15, 0.2) is 0 Å². The zero-order chi connectivity index (χ0) is 20.0. The monoisotopic (exact) mass is 368 g/mol. The number of carbonyl (C=O) groups excluding carboxylic acids is 1. The fourth-order valence-corrected chi connectivity index (χ4v) is 2.13. The molecule has 136 valence electrons. The summed E-state index contributed by atoms with van der Waals surface area (Å²) in [5.74, 6) is -0.662. The molecule has 0 aliphatic carbocycles. The number of carbonyl (C=O) groups is 1. The number of hydrogen-bond donors (Lipinski definition) is 1. The number of nitrogens with zero attached hydrogens (tertiary/aromatic N) is 3. The molecule has 0 aliphatic heterocycles. The van der Waals surface area contributed by atoms with E-state index in [0.29, 0.717) is 0 Å². The number of nitro benzene ring substituents is 2. The van der Waals surface area contributed by atoms with Gasteiger partial charge in [0.05, 0.1) is 23.0 Å². The quantitative estimate of drug-likeness (QED) is 0.356. The zero-order valence-electron chi connectivity index (χ0n) is 13.9. The number of ether oxygens (including phenoxy) is 1. The van der Waals surface area contributed by atoms with Gasteiger partial charge in [-0.1, -0.05) is 12.1 Å². The Morgan fingerprint density at radius 2 is 1.93 bits per heavy atom. The van der Waals surface area contributed by atoms with Gasteiger partial charge in [-0.15, -0.1) is 0 Å². The molecule has 2 rings (SSSR count). The Balaban J connectivity index is 2.33. The number of nitro groups is 2. The molecule has 27 heavy (non-hydrogen) atoms. The van der Waals surface area contributed by atoms with E-state index in [1.54, 1.807) is 6.07 Å². The van der Waals surface area contributed by atoms with E-state index in [9.17, 15) is 30.3 Å². The van der Waals surface area contributed by atoms with E-state index in [1.807, 2.05) is 0 Å². The maximum absolute atomic E-state index is 12.3. The summed E-state index contributed by atoms with van der Waals surface area (Å²) in [6.45, 7) is 0. The van der Waals surface area contributed by atoms with Crippen LogP contribution in [0.4, 0.5) is 17.1 Å². The number of anilines is 1. The molecule has 0 saturated carbocycles. The van der Waals surface area contributed by atoms with Crippen molar-refractivity contribution in [3.8, 4) is 11.8 Å². The van der Waals surface area contributed by atoms with Gasteiger partial charge in [-0.3, -0.25) is 25.0 Å². The molecule has 0 fully saturated rings. The minimum atomic E-state index is -0.891. The average Bonchev–Trinajstić information content (AvgIpc) is 2.66. The number of hydrogen-bond acceptors (Lipinski definition) is 7. The molecule has 0 unspecified atom stereocenters. The molecule has 0 aromatic heterocycles. The van der Waals surface area contributed by atoms with Gasteiger partial charge in [-0.05, 0) is 23.8 Å². The summed E-state index contributed by atoms with van der Waals surface area (Å²) in [6, 6.07) is 10.8. The maximum Gasteiger partial charge on any atom is 0.296 e. The Labute approximate surface area is 152 Å². The van der Waals surface area contributed by atoms with Crippen molar-refractivity contribution in [1.82, 2.24) is 0 Å². The van der Waals surface area contributed by atoms with Gasteiger partial charge in [0.25, 0.3) is 17.3 Å². The highest BCUT2D eigenvalue weighted by Gasteiger charge is 2.19. The van der Waals surface area contributed by atoms with Gasteiger partial charge in [0.1, 0.15) is 23.1 Å². The maximum atomic E-state index is 12.3. The van der Waals surface area contributed by atoms with Gasteiger partial charge in [0, 0.05) is 12.1 Å². The van der Waals surface area contributed by atoms with Crippen LogP contribution in [0.2, 0.25) is 0 Å². The van der Waals surface area contributed by atoms with Crippen molar-refractivity contribution in [3.63, 3.8) is 0 Å². The van der Waals surface area contributed by atoms with Crippen molar-refractivity contribution in [3.05, 3.63) is 73.8 Å². The first-order valence-electron chi connectivity index (χ1n) is 7.35. The molecule has 1 amide bonds. The Hall–Kier alpha value is -4.26. The topological polar surface area (TPSA) is 148 Å². The smallest absolute Gasteiger partial charge is 0.296 e. The van der Waals surface area contributed by atoms with Gasteiger partial charge in [0.2, 0.25) is 0 Å². The lowest BCUT2D eigenvalue weighted by atomic mass is 10.1. The van der Waals surface area contributed by atoms with Crippen LogP contribution in [-0.2, 0) is 4.79 Å². The third kappa shape index (κ3) is 4.64. The minimum absolute atomic E-state index is 0.119. The Morgan fingerprint density at radius 3 is 2.52 bits per heavy atom. The van der Waals surface area contributed by atoms with E-state index in [1.165, 1.54) is 43.5 Å². The van der Waals surface area contributed by atoms with Gasteiger partial charge < -0.3 is 10.1 Å². The summed E-state index contributed by atoms with van der Waals surface area (Å²) in [5, 5.41) is 33.5. The van der Waals surface area contributed by atoms with Crippen LogP contribution in [0.15, 0.2) is 48.0 Å². The second-order valence-electron chi connectivity index (χ2n) is 5.12. The number of benzene rings is 2. The summed E-state index contributed by atoms with van der Waals surface area (Å²) in [4.78, 5) is 33.0. The molecule has 2 aromatic carbocycles. The van der Waals surface area contributed by atoms with Crippen LogP contribution in [-0.4, -0.2) is 22.9 Å². The van der Waals surface area contributed by atoms with E-state index >= 15 is 0 Å². The number of rotatable bonds is 6. The predicted molar refractivity (Wildman–Crippen MR) is 95.0 cm³/mol. The van der Waals surface area contributed by atoms with Crippen molar-refractivity contribution in [1.29, 1.82) is 5.26 Å². The summed E-state index contributed by atoms with van der Waals surface area (Å²) >= 11 is 0. The molecule has 0 atom stereocenters. The van der Waals surface area contributed by atoms with E-state index in [0.717, 1.165) is 12.1 Å². The van der Waals surface area contributed by atoms with E-state index in [4.69, 9.17) is 4.74 Å². The molecule has 0 saturated heterocycles. The number of non-ortho nitro benzene ring substituents is 1. The number of nitrogens with one attached hydrogen (secondary N) is 1. The third-order valence-corrected chi connectivity index (χ3v) is 3.41. The van der Waals surface area contributed by atoms with Crippen LogP contribution in [0.1, 0.15) is 5.56 Å². The second kappa shape index (κ2) is 8.21. The van der Waals surface area contributed by atoms with E-state index in [2.05, 4.69) is 5.32 Å². The number of methoxy groups -OCH3 is 1. The Morgan fingerprint density at radius 1 is 1.19 bits per heavy atom. The largest absolute Gasteiger partial charge is 0.496 e. The van der Waals surface area contributed by atoms with Gasteiger partial charge in [-0.2, -0.15) is 5.26 Å². The molecule has 0 radical (unpaired) electrons. The highest BCUT2D eigenvalue weighted by Crippen LogP contribution is 2.29. The first-order chi connectivity index (χ1) is 12.8. The standard InChI is InChI=1S/C17H12N4O6/c1-27-14-5-6-15(16(9-14)21(25)26)19-17(22)12(10-18)7-11-3-2-4-13(8-11)20(23)24/h2-9H,1H3,(H,19,22)/b12-7+. The molecular formula is C17H12N4O6. The Bertz CT molecular complexity index is 993. The fraction of sp³-hybridized carbons (Fsp3) is 0.0588. The Kier molecular flexibility index (Phi) is 5.80. The SMILES string of the molecule is COc1ccc(NC(=O)/C(C#N)=C/c2cccc([N+](=O)[O-])c2)c([N+](=O)[O-])c1. The predicted octanol–water partition coefficient (Wildman–Crippen LogP) is 3.06. The first kappa shape index (κ1) is 19.1. The highest BCUT2D eigenvalue weighted by atomic mass is 16.6. The molecule has 10 heteroatoms. The van der Waals surface area contributed by atoms with Crippen molar-refractivity contribution in [2.75, 3.05) is 12.4 Å². The molecule has 2 aromatic rings. The molecule has 0 bridgehead atoms. The first-order valence-corrected chi connectivity index (χ1v) is 7.35. The molecular weight excluding hydrogens is 356 g/mol. The van der Waals surface area contributed by atoms with Gasteiger partial charge >= 0.3 is 0 Å². The molecule has 10 nitrogen and oxygen atoms in total. The molecule has 0 spiro atoms. The molecule has 0 heterocycles. The fourth-order valence-electron chi connectivity index (χ4n) is 2.13. The molecule has 0 aliphatic rings. The van der Waals surface area contributed by atoms with Crippen LogP contribution < -0.4 is 10.1 Å². The third-order valence-electron chi connectivity index (χ3n) is 3.41. The van der Waals surface area contributed by atoms with Crippen LogP contribution in [0.5, 0.6) is 5.75 Å². The summed E-state index contributed by atoms with van der Waals surface area (Å²) in [6.07, 6.45) is 1.15. The van der Waals surface area contributed by atoms with E-state index < -0.39 is 21.4 Å². The van der Waals surface area contributed by atoms with Gasteiger partial charge in [-0.25, -0.2) is 0 Å². The number of amides is 1. The highest BCUT2D eigenvalue weighted by molar-refractivity contribution is 6.10. The lowest BCUT2D eigenvalue weighted by molar-refractivity contribution is -0.384.